The molecule has 8 heteroatoms. The molecule has 19 heavy (non-hydrogen) atoms. The number of aromatic hydroxyl groups is 4. The topological polar surface area (TPSA) is 134 Å². The van der Waals surface area contributed by atoms with Crippen LogP contribution in [-0.4, -0.2) is 42.6 Å². The summed E-state index contributed by atoms with van der Waals surface area (Å²) in [6.07, 6.45) is 1.39. The van der Waals surface area contributed by atoms with Gasteiger partial charge in [0, 0.05) is 6.20 Å². The van der Waals surface area contributed by atoms with E-state index in [1.54, 1.807) is 12.1 Å². The molecule has 0 saturated carbocycles. The molecule has 0 amide bonds. The second kappa shape index (κ2) is 4.67. The lowest BCUT2D eigenvalue weighted by Gasteiger charge is -2.14. The molecule has 0 aliphatic heterocycles. The summed E-state index contributed by atoms with van der Waals surface area (Å²) in [6, 6.07) is 4.61. The van der Waals surface area contributed by atoms with Gasteiger partial charge in [0.1, 0.15) is 0 Å². The van der Waals surface area contributed by atoms with Crippen molar-refractivity contribution in [1.82, 2.24) is 4.98 Å². The van der Waals surface area contributed by atoms with Crippen LogP contribution in [-0.2, 0) is 0 Å². The Bertz CT molecular complexity index is 587. The summed E-state index contributed by atoms with van der Waals surface area (Å²) >= 11 is 0. The van der Waals surface area contributed by atoms with Gasteiger partial charge >= 0.3 is 7.12 Å². The SMILES string of the molecule is OB(O)c1c(O)c(O)c(-c2ccccn2)c(O)c1O. The van der Waals surface area contributed by atoms with Crippen molar-refractivity contribution >= 4 is 12.6 Å². The first-order chi connectivity index (χ1) is 8.95. The summed E-state index contributed by atoms with van der Waals surface area (Å²) in [5, 5.41) is 56.9. The number of phenols is 4. The molecular formula is C11H10BNO6. The molecule has 0 aliphatic rings. The third-order valence-electron chi connectivity index (χ3n) is 2.61. The van der Waals surface area contributed by atoms with Crippen LogP contribution in [0.3, 0.4) is 0 Å². The molecule has 6 N–H and O–H groups in total. The molecule has 7 nitrogen and oxygen atoms in total. The molecule has 0 bridgehead atoms. The fourth-order valence-electron chi connectivity index (χ4n) is 1.71. The molecule has 1 aromatic carbocycles. The Morgan fingerprint density at radius 3 is 1.84 bits per heavy atom. The molecule has 2 rings (SSSR count). The summed E-state index contributed by atoms with van der Waals surface area (Å²) in [4.78, 5) is 3.86. The molecule has 0 atom stereocenters. The van der Waals surface area contributed by atoms with Gasteiger partial charge < -0.3 is 30.5 Å². The fourth-order valence-corrected chi connectivity index (χ4v) is 1.71. The standard InChI is InChI=1S/C11H10BNO6/c14-8-6(5-3-1-2-4-13-5)9(15)11(17)7(10(8)16)12(18)19/h1-4,14-19H. The highest BCUT2D eigenvalue weighted by Gasteiger charge is 2.30. The zero-order valence-corrected chi connectivity index (χ0v) is 9.52. The minimum absolute atomic E-state index is 0.0991. The van der Waals surface area contributed by atoms with Crippen molar-refractivity contribution in [3.63, 3.8) is 0 Å². The molecule has 0 fully saturated rings. The molecule has 0 unspecified atom stereocenters. The van der Waals surface area contributed by atoms with E-state index in [0.29, 0.717) is 0 Å². The molecular weight excluding hydrogens is 253 g/mol. The van der Waals surface area contributed by atoms with E-state index in [0.717, 1.165) is 0 Å². The van der Waals surface area contributed by atoms with E-state index in [-0.39, 0.29) is 11.3 Å². The van der Waals surface area contributed by atoms with E-state index in [9.17, 15) is 20.4 Å². The number of aromatic nitrogens is 1. The van der Waals surface area contributed by atoms with E-state index in [4.69, 9.17) is 10.0 Å². The highest BCUT2D eigenvalue weighted by molar-refractivity contribution is 6.61. The Morgan fingerprint density at radius 1 is 0.842 bits per heavy atom. The van der Waals surface area contributed by atoms with Crippen molar-refractivity contribution in [2.45, 2.75) is 0 Å². The molecule has 0 spiro atoms. The minimum Gasteiger partial charge on any atom is -0.504 e. The van der Waals surface area contributed by atoms with Crippen molar-refractivity contribution in [2.75, 3.05) is 0 Å². The van der Waals surface area contributed by atoms with Crippen molar-refractivity contribution in [3.8, 4) is 34.3 Å². The van der Waals surface area contributed by atoms with E-state index >= 15 is 0 Å². The molecule has 1 heterocycles. The molecule has 98 valence electrons. The first-order valence-corrected chi connectivity index (χ1v) is 5.22. The van der Waals surface area contributed by atoms with E-state index in [1.165, 1.54) is 12.3 Å². The Balaban J connectivity index is 2.79. The van der Waals surface area contributed by atoms with Crippen molar-refractivity contribution in [1.29, 1.82) is 0 Å². The van der Waals surface area contributed by atoms with Gasteiger partial charge in [-0.05, 0) is 12.1 Å². The van der Waals surface area contributed by atoms with Crippen LogP contribution in [0.15, 0.2) is 24.4 Å². The van der Waals surface area contributed by atoms with E-state index in [1.807, 2.05) is 0 Å². The van der Waals surface area contributed by atoms with Crippen LogP contribution in [0.2, 0.25) is 0 Å². The Hall–Kier alpha value is -2.45. The first-order valence-electron chi connectivity index (χ1n) is 5.22. The summed E-state index contributed by atoms with van der Waals surface area (Å²) in [7, 11) is -2.26. The van der Waals surface area contributed by atoms with Crippen molar-refractivity contribution in [2.24, 2.45) is 0 Å². The second-order valence-corrected chi connectivity index (χ2v) is 3.77. The third-order valence-corrected chi connectivity index (χ3v) is 2.61. The quantitative estimate of drug-likeness (QED) is 0.238. The molecule has 1 aromatic heterocycles. The first kappa shape index (κ1) is 13.0. The van der Waals surface area contributed by atoms with E-state index in [2.05, 4.69) is 4.98 Å². The maximum absolute atomic E-state index is 9.80. The zero-order valence-electron chi connectivity index (χ0n) is 9.52. The van der Waals surface area contributed by atoms with Gasteiger partial charge in [0.05, 0.1) is 16.7 Å². The monoisotopic (exact) mass is 263 g/mol. The number of pyridine rings is 1. The maximum Gasteiger partial charge on any atom is 0.496 e. The molecule has 0 aliphatic carbocycles. The summed E-state index contributed by atoms with van der Waals surface area (Å²) in [5.41, 5.74) is -0.989. The number of benzene rings is 1. The summed E-state index contributed by atoms with van der Waals surface area (Å²) in [5.74, 6) is -3.49. The number of rotatable bonds is 2. The van der Waals surface area contributed by atoms with Crippen LogP contribution in [0.25, 0.3) is 11.3 Å². The van der Waals surface area contributed by atoms with Gasteiger partial charge in [-0.1, -0.05) is 6.07 Å². The van der Waals surface area contributed by atoms with Crippen LogP contribution in [0.1, 0.15) is 0 Å². The minimum atomic E-state index is -2.26. The van der Waals surface area contributed by atoms with Gasteiger partial charge in [-0.3, -0.25) is 4.98 Å². The second-order valence-electron chi connectivity index (χ2n) is 3.77. The van der Waals surface area contributed by atoms with Crippen LogP contribution >= 0.6 is 0 Å². The summed E-state index contributed by atoms with van der Waals surface area (Å²) < 4.78 is 0. The normalized spacial score (nSPS) is 10.4. The number of phenolic OH excluding ortho intramolecular Hbond substituents is 4. The molecule has 0 saturated heterocycles. The predicted octanol–water partition coefficient (Wildman–Crippen LogP) is -0.749. The third kappa shape index (κ3) is 2.03. The Labute approximate surface area is 107 Å². The smallest absolute Gasteiger partial charge is 0.496 e. The lowest BCUT2D eigenvalue weighted by molar-refractivity contribution is 0.370. The average Bonchev–Trinajstić information content (AvgIpc) is 2.38. The molecule has 2 aromatic rings. The largest absolute Gasteiger partial charge is 0.504 e. The molecule has 0 radical (unpaired) electrons. The van der Waals surface area contributed by atoms with Gasteiger partial charge in [0.2, 0.25) is 0 Å². The lowest BCUT2D eigenvalue weighted by Crippen LogP contribution is -2.30. The van der Waals surface area contributed by atoms with Gasteiger partial charge in [0.25, 0.3) is 0 Å². The van der Waals surface area contributed by atoms with Crippen LogP contribution in [0, 0.1) is 0 Å². The number of nitrogens with zero attached hydrogens (tertiary/aromatic N) is 1. The maximum atomic E-state index is 9.80. The summed E-state index contributed by atoms with van der Waals surface area (Å²) in [6.45, 7) is 0. The highest BCUT2D eigenvalue weighted by Crippen LogP contribution is 2.45. The highest BCUT2D eigenvalue weighted by atomic mass is 16.4. The number of hydrogen-bond acceptors (Lipinski definition) is 7. The van der Waals surface area contributed by atoms with Crippen LogP contribution in [0.4, 0.5) is 0 Å². The van der Waals surface area contributed by atoms with Gasteiger partial charge in [-0.15, -0.1) is 0 Å². The predicted molar refractivity (Wildman–Crippen MR) is 66.2 cm³/mol. The Morgan fingerprint density at radius 2 is 1.42 bits per heavy atom. The van der Waals surface area contributed by atoms with Crippen LogP contribution < -0.4 is 5.46 Å². The van der Waals surface area contributed by atoms with Gasteiger partial charge in [-0.25, -0.2) is 0 Å². The van der Waals surface area contributed by atoms with Gasteiger partial charge in [-0.2, -0.15) is 0 Å². The van der Waals surface area contributed by atoms with Crippen molar-refractivity contribution in [3.05, 3.63) is 24.4 Å². The Kier molecular flexibility index (Phi) is 3.20. The fraction of sp³-hybridized carbons (Fsp3) is 0. The van der Waals surface area contributed by atoms with Gasteiger partial charge in [0.15, 0.2) is 23.0 Å². The lowest BCUT2D eigenvalue weighted by atomic mass is 9.77. The van der Waals surface area contributed by atoms with Crippen LogP contribution in [0.5, 0.6) is 23.0 Å². The van der Waals surface area contributed by atoms with Crippen molar-refractivity contribution < 1.29 is 30.5 Å². The zero-order chi connectivity index (χ0) is 14.2. The average molecular weight is 263 g/mol. The van der Waals surface area contributed by atoms with E-state index < -0.39 is 35.6 Å². The number of hydrogen-bond donors (Lipinski definition) is 6.